The Morgan fingerprint density at radius 1 is 1.24 bits per heavy atom. The Hall–Kier alpha value is -1.75. The van der Waals surface area contributed by atoms with Crippen molar-refractivity contribution in [1.82, 2.24) is 9.80 Å². The van der Waals surface area contributed by atoms with Crippen LogP contribution in [0.4, 0.5) is 4.79 Å². The smallest absolute Gasteiger partial charge is 0.409 e. The highest BCUT2D eigenvalue weighted by atomic mass is 16.6. The molecule has 1 fully saturated rings. The summed E-state index contributed by atoms with van der Waals surface area (Å²) in [6, 6.07) is 6.28. The highest BCUT2D eigenvalue weighted by molar-refractivity contribution is 5.67. The van der Waals surface area contributed by atoms with Gasteiger partial charge in [-0.25, -0.2) is 4.79 Å². The van der Waals surface area contributed by atoms with Crippen molar-refractivity contribution in [2.24, 2.45) is 0 Å². The third-order valence-corrected chi connectivity index (χ3v) is 3.76. The van der Waals surface area contributed by atoms with Crippen LogP contribution in [0.25, 0.3) is 0 Å². The van der Waals surface area contributed by atoms with E-state index in [1.165, 1.54) is 5.56 Å². The van der Waals surface area contributed by atoms with Crippen LogP contribution in [-0.2, 0) is 11.3 Å². The number of carbonyl (C=O) groups excluding carboxylic acids is 1. The van der Waals surface area contributed by atoms with Gasteiger partial charge in [0.25, 0.3) is 0 Å². The van der Waals surface area contributed by atoms with Crippen LogP contribution in [0.2, 0.25) is 0 Å². The number of hydrogen-bond acceptors (Lipinski definition) is 4. The van der Waals surface area contributed by atoms with Crippen molar-refractivity contribution in [3.8, 4) is 5.75 Å². The Morgan fingerprint density at radius 2 is 1.95 bits per heavy atom. The van der Waals surface area contributed by atoms with Gasteiger partial charge in [0, 0.05) is 32.7 Å². The SMILES string of the molecule is CCOC(=O)N1CCN(Cc2ccc(OC)c(C)c2)CC1. The summed E-state index contributed by atoms with van der Waals surface area (Å²) in [5.74, 6) is 0.922. The molecule has 2 rings (SSSR count). The molecule has 1 aromatic carbocycles. The summed E-state index contributed by atoms with van der Waals surface area (Å²) in [7, 11) is 1.69. The number of rotatable bonds is 4. The Morgan fingerprint density at radius 3 is 2.52 bits per heavy atom. The number of ether oxygens (including phenoxy) is 2. The first-order chi connectivity index (χ1) is 10.1. The second-order valence-corrected chi connectivity index (χ2v) is 5.27. The molecule has 5 nitrogen and oxygen atoms in total. The van der Waals surface area contributed by atoms with E-state index in [0.29, 0.717) is 6.61 Å². The average Bonchev–Trinajstić information content (AvgIpc) is 2.48. The zero-order valence-corrected chi connectivity index (χ0v) is 13.1. The van der Waals surface area contributed by atoms with Crippen molar-refractivity contribution in [2.45, 2.75) is 20.4 Å². The Kier molecular flexibility index (Phi) is 5.44. The van der Waals surface area contributed by atoms with Crippen molar-refractivity contribution < 1.29 is 14.3 Å². The number of aryl methyl sites for hydroxylation is 1. The monoisotopic (exact) mass is 292 g/mol. The molecule has 0 bridgehead atoms. The van der Waals surface area contributed by atoms with Crippen LogP contribution in [-0.4, -0.2) is 55.8 Å². The van der Waals surface area contributed by atoms with Gasteiger partial charge in [-0.2, -0.15) is 0 Å². The van der Waals surface area contributed by atoms with E-state index in [2.05, 4.69) is 24.0 Å². The summed E-state index contributed by atoms with van der Waals surface area (Å²) in [6.45, 7) is 8.45. The van der Waals surface area contributed by atoms with Crippen molar-refractivity contribution in [2.75, 3.05) is 39.9 Å². The van der Waals surface area contributed by atoms with Gasteiger partial charge in [0.05, 0.1) is 13.7 Å². The van der Waals surface area contributed by atoms with Crippen molar-refractivity contribution in [1.29, 1.82) is 0 Å². The Balaban J connectivity index is 1.86. The van der Waals surface area contributed by atoms with Crippen LogP contribution in [0.5, 0.6) is 5.75 Å². The zero-order chi connectivity index (χ0) is 15.2. The third kappa shape index (κ3) is 4.11. The fourth-order valence-electron chi connectivity index (χ4n) is 2.60. The molecule has 116 valence electrons. The lowest BCUT2D eigenvalue weighted by molar-refractivity contribution is 0.0778. The van der Waals surface area contributed by atoms with Gasteiger partial charge in [-0.3, -0.25) is 4.90 Å². The fraction of sp³-hybridized carbons (Fsp3) is 0.562. The maximum absolute atomic E-state index is 11.6. The van der Waals surface area contributed by atoms with Crippen LogP contribution in [0.15, 0.2) is 18.2 Å². The number of amides is 1. The summed E-state index contributed by atoms with van der Waals surface area (Å²) in [5.41, 5.74) is 2.43. The van der Waals surface area contributed by atoms with Crippen molar-refractivity contribution in [3.05, 3.63) is 29.3 Å². The molecule has 0 atom stereocenters. The first kappa shape index (κ1) is 15.6. The van der Waals surface area contributed by atoms with Gasteiger partial charge in [-0.1, -0.05) is 12.1 Å². The van der Waals surface area contributed by atoms with Crippen LogP contribution in [0, 0.1) is 6.92 Å². The molecule has 1 aliphatic heterocycles. The summed E-state index contributed by atoms with van der Waals surface area (Å²) >= 11 is 0. The third-order valence-electron chi connectivity index (χ3n) is 3.76. The number of piperazine rings is 1. The lowest BCUT2D eigenvalue weighted by Crippen LogP contribution is -2.48. The molecule has 0 aromatic heterocycles. The standard InChI is InChI=1S/C16H24N2O3/c1-4-21-16(19)18-9-7-17(8-10-18)12-14-5-6-15(20-3)13(2)11-14/h5-6,11H,4,7-10,12H2,1-3H3. The lowest BCUT2D eigenvalue weighted by atomic mass is 10.1. The minimum absolute atomic E-state index is 0.197. The zero-order valence-electron chi connectivity index (χ0n) is 13.1. The highest BCUT2D eigenvalue weighted by Gasteiger charge is 2.21. The maximum atomic E-state index is 11.6. The molecule has 1 heterocycles. The number of hydrogen-bond donors (Lipinski definition) is 0. The number of benzene rings is 1. The minimum atomic E-state index is -0.197. The summed E-state index contributed by atoms with van der Waals surface area (Å²) in [5, 5.41) is 0. The molecule has 0 saturated carbocycles. The second-order valence-electron chi connectivity index (χ2n) is 5.27. The fourth-order valence-corrected chi connectivity index (χ4v) is 2.60. The van der Waals surface area contributed by atoms with Crippen LogP contribution in [0.1, 0.15) is 18.1 Å². The van der Waals surface area contributed by atoms with Crippen molar-refractivity contribution >= 4 is 6.09 Å². The largest absolute Gasteiger partial charge is 0.496 e. The van der Waals surface area contributed by atoms with Gasteiger partial charge in [-0.15, -0.1) is 0 Å². The molecule has 0 N–H and O–H groups in total. The van der Waals surface area contributed by atoms with Gasteiger partial charge in [0.15, 0.2) is 0 Å². The predicted octanol–water partition coefficient (Wildman–Crippen LogP) is 2.28. The average molecular weight is 292 g/mol. The minimum Gasteiger partial charge on any atom is -0.496 e. The van der Waals surface area contributed by atoms with E-state index in [4.69, 9.17) is 9.47 Å². The van der Waals surface area contributed by atoms with Crippen LogP contribution in [0.3, 0.4) is 0 Å². The van der Waals surface area contributed by atoms with Crippen molar-refractivity contribution in [3.63, 3.8) is 0 Å². The van der Waals surface area contributed by atoms with Crippen LogP contribution >= 0.6 is 0 Å². The molecule has 5 heteroatoms. The molecule has 1 saturated heterocycles. The van der Waals surface area contributed by atoms with Gasteiger partial charge >= 0.3 is 6.09 Å². The highest BCUT2D eigenvalue weighted by Crippen LogP contribution is 2.19. The number of methoxy groups -OCH3 is 1. The molecule has 1 aromatic rings. The molecule has 21 heavy (non-hydrogen) atoms. The van der Waals surface area contributed by atoms with E-state index in [9.17, 15) is 4.79 Å². The van der Waals surface area contributed by atoms with Gasteiger partial charge < -0.3 is 14.4 Å². The van der Waals surface area contributed by atoms with E-state index in [0.717, 1.165) is 44.0 Å². The lowest BCUT2D eigenvalue weighted by Gasteiger charge is -2.34. The summed E-state index contributed by atoms with van der Waals surface area (Å²) in [6.07, 6.45) is -0.197. The molecule has 0 spiro atoms. The van der Waals surface area contributed by atoms with E-state index in [1.54, 1.807) is 12.0 Å². The normalized spacial score (nSPS) is 15.9. The molecule has 0 aliphatic carbocycles. The molecule has 1 amide bonds. The summed E-state index contributed by atoms with van der Waals surface area (Å²) in [4.78, 5) is 15.8. The molecular formula is C16H24N2O3. The van der Waals surface area contributed by atoms with E-state index >= 15 is 0 Å². The molecular weight excluding hydrogens is 268 g/mol. The molecule has 1 aliphatic rings. The topological polar surface area (TPSA) is 42.0 Å². The van der Waals surface area contributed by atoms with E-state index in [-0.39, 0.29) is 6.09 Å². The Labute approximate surface area is 126 Å². The molecule has 0 radical (unpaired) electrons. The quantitative estimate of drug-likeness (QED) is 0.854. The predicted molar refractivity (Wildman–Crippen MR) is 81.6 cm³/mol. The van der Waals surface area contributed by atoms with Gasteiger partial charge in [0.1, 0.15) is 5.75 Å². The van der Waals surface area contributed by atoms with E-state index < -0.39 is 0 Å². The maximum Gasteiger partial charge on any atom is 0.409 e. The number of nitrogens with zero attached hydrogens (tertiary/aromatic N) is 2. The Bertz CT molecular complexity index is 482. The van der Waals surface area contributed by atoms with E-state index in [1.807, 2.05) is 13.0 Å². The second kappa shape index (κ2) is 7.31. The summed E-state index contributed by atoms with van der Waals surface area (Å²) < 4.78 is 10.3. The first-order valence-corrected chi connectivity index (χ1v) is 7.41. The van der Waals surface area contributed by atoms with Gasteiger partial charge in [0.2, 0.25) is 0 Å². The molecule has 0 unspecified atom stereocenters. The van der Waals surface area contributed by atoms with Crippen LogP contribution < -0.4 is 4.74 Å². The van der Waals surface area contributed by atoms with Gasteiger partial charge in [-0.05, 0) is 31.0 Å². The first-order valence-electron chi connectivity index (χ1n) is 7.41. The number of carbonyl (C=O) groups is 1.